The molecule has 60 valence electrons. The Morgan fingerprint density at radius 1 is 1.50 bits per heavy atom. The van der Waals surface area contributed by atoms with Crippen LogP contribution >= 0.6 is 22.4 Å². The van der Waals surface area contributed by atoms with Crippen molar-refractivity contribution in [2.45, 2.75) is 6.82 Å². The van der Waals surface area contributed by atoms with Gasteiger partial charge in [-0.15, -0.1) is 0 Å². The summed E-state index contributed by atoms with van der Waals surface area (Å²) in [6.45, 7) is 1.93. The lowest BCUT2D eigenvalue weighted by Crippen LogP contribution is -2.08. The van der Waals surface area contributed by atoms with Crippen molar-refractivity contribution in [3.05, 3.63) is 29.8 Å². The Labute approximate surface area is 85.5 Å². The molecular formula is C8H7BINO. The zero-order chi connectivity index (χ0) is 8.97. The predicted molar refractivity (Wildman–Crippen MR) is 57.4 cm³/mol. The van der Waals surface area contributed by atoms with Gasteiger partial charge in [0.05, 0.1) is 5.56 Å². The van der Waals surface area contributed by atoms with Gasteiger partial charge < -0.3 is 4.65 Å². The van der Waals surface area contributed by atoms with Crippen molar-refractivity contribution in [2.75, 3.05) is 0 Å². The Bertz CT molecular complexity index is 308. The summed E-state index contributed by atoms with van der Waals surface area (Å²) in [5.41, 5.74) is 0.584. The average Bonchev–Trinajstić information content (AvgIpc) is 2.04. The van der Waals surface area contributed by atoms with E-state index in [1.807, 2.05) is 19.0 Å². The summed E-state index contributed by atoms with van der Waals surface area (Å²) in [4.78, 5) is 0. The quantitative estimate of drug-likeness (QED) is 0.611. The molecule has 0 heterocycles. The number of nitrogens with zero attached hydrogens (tertiary/aromatic N) is 1. The third-order valence-corrected chi connectivity index (χ3v) is 1.55. The van der Waals surface area contributed by atoms with Crippen LogP contribution in [0.4, 0.5) is 0 Å². The molecule has 0 saturated carbocycles. The fraction of sp³-hybridized carbons (Fsp3) is 0.125. The van der Waals surface area contributed by atoms with Gasteiger partial charge in [0.2, 0.25) is 0 Å². The van der Waals surface area contributed by atoms with Crippen molar-refractivity contribution in [1.29, 1.82) is 5.26 Å². The molecule has 0 unspecified atom stereocenters. The van der Waals surface area contributed by atoms with Crippen molar-refractivity contribution in [3.63, 3.8) is 0 Å². The molecule has 1 aromatic carbocycles. The number of halogens is 1. The van der Waals surface area contributed by atoms with Gasteiger partial charge in [-0.2, -0.15) is 5.26 Å². The van der Waals surface area contributed by atoms with Crippen LogP contribution in [0.3, 0.4) is 0 Å². The Morgan fingerprint density at radius 3 is 2.75 bits per heavy atom. The molecule has 2 nitrogen and oxygen atoms in total. The highest BCUT2D eigenvalue weighted by Crippen LogP contribution is 2.18. The molecule has 0 amide bonds. The second-order valence-corrected chi connectivity index (χ2v) is 4.02. The predicted octanol–water partition coefficient (Wildman–Crippen LogP) is 2.49. The molecule has 0 bridgehead atoms. The van der Waals surface area contributed by atoms with Gasteiger partial charge in [0.25, 0.3) is 0 Å². The first kappa shape index (κ1) is 9.39. The molecule has 0 saturated heterocycles. The topological polar surface area (TPSA) is 33.0 Å². The summed E-state index contributed by atoms with van der Waals surface area (Å²) < 4.78 is 5.48. The Balaban J connectivity index is 2.91. The molecule has 0 aliphatic heterocycles. The fourth-order valence-corrected chi connectivity index (χ4v) is 1.11. The first-order valence-corrected chi connectivity index (χ1v) is 4.78. The number of rotatable bonds is 2. The van der Waals surface area contributed by atoms with Gasteiger partial charge in [0, 0.05) is 0 Å². The Morgan fingerprint density at radius 2 is 2.17 bits per heavy atom. The van der Waals surface area contributed by atoms with E-state index in [1.54, 1.807) is 12.1 Å². The van der Waals surface area contributed by atoms with E-state index in [2.05, 4.69) is 28.4 Å². The van der Waals surface area contributed by atoms with Crippen LogP contribution in [0.25, 0.3) is 0 Å². The van der Waals surface area contributed by atoms with Crippen LogP contribution in [0.5, 0.6) is 5.75 Å². The Hall–Kier alpha value is -0.695. The summed E-state index contributed by atoms with van der Waals surface area (Å²) in [5.74, 6) is 0.655. The molecule has 4 heteroatoms. The minimum Gasteiger partial charge on any atom is -0.550 e. The molecule has 0 N–H and O–H groups in total. The molecule has 0 fully saturated rings. The van der Waals surface area contributed by atoms with Crippen molar-refractivity contribution in [3.8, 4) is 11.8 Å². The van der Waals surface area contributed by atoms with Crippen molar-refractivity contribution in [1.82, 2.24) is 0 Å². The van der Waals surface area contributed by atoms with E-state index in [4.69, 9.17) is 9.92 Å². The van der Waals surface area contributed by atoms with Crippen molar-refractivity contribution in [2.24, 2.45) is 0 Å². The van der Waals surface area contributed by atoms with Crippen molar-refractivity contribution >= 4 is 27.1 Å². The first-order chi connectivity index (χ1) is 5.74. The van der Waals surface area contributed by atoms with Gasteiger partial charge >= 0.3 is 4.77 Å². The molecular weight excluding hydrogens is 264 g/mol. The SMILES string of the molecule is CB(I)Oc1ccccc1C#N. The van der Waals surface area contributed by atoms with Crippen LogP contribution in [-0.2, 0) is 0 Å². The summed E-state index contributed by atoms with van der Waals surface area (Å²) in [6, 6.07) is 9.30. The maximum Gasteiger partial charge on any atom is 0.425 e. The summed E-state index contributed by atoms with van der Waals surface area (Å²) >= 11 is 2.15. The standard InChI is InChI=1S/C8H7BINO/c1-9(10)12-8-5-3-2-4-7(8)6-11/h2-5H,1H3. The number of nitriles is 1. The maximum absolute atomic E-state index is 8.70. The van der Waals surface area contributed by atoms with Gasteiger partial charge in [-0.3, -0.25) is 0 Å². The monoisotopic (exact) mass is 271 g/mol. The smallest absolute Gasteiger partial charge is 0.425 e. The molecule has 0 spiro atoms. The molecule has 1 rings (SSSR count). The van der Waals surface area contributed by atoms with E-state index in [0.29, 0.717) is 11.3 Å². The lowest BCUT2D eigenvalue weighted by Gasteiger charge is -2.06. The highest BCUT2D eigenvalue weighted by Gasteiger charge is 2.07. The molecule has 0 radical (unpaired) electrons. The number of hydrogen-bond acceptors (Lipinski definition) is 2. The number of benzene rings is 1. The molecule has 0 aromatic heterocycles. The van der Waals surface area contributed by atoms with Crippen LogP contribution in [0.1, 0.15) is 5.56 Å². The van der Waals surface area contributed by atoms with Crippen LogP contribution in [0.15, 0.2) is 24.3 Å². The van der Waals surface area contributed by atoms with E-state index < -0.39 is 0 Å². The zero-order valence-electron chi connectivity index (χ0n) is 6.62. The van der Waals surface area contributed by atoms with Crippen LogP contribution in [-0.4, -0.2) is 4.77 Å². The largest absolute Gasteiger partial charge is 0.550 e. The van der Waals surface area contributed by atoms with E-state index in [0.717, 1.165) is 0 Å². The molecule has 0 atom stereocenters. The van der Waals surface area contributed by atoms with Crippen LogP contribution in [0.2, 0.25) is 6.82 Å². The third kappa shape index (κ3) is 2.41. The summed E-state index contributed by atoms with van der Waals surface area (Å²) in [6.07, 6.45) is 0. The minimum atomic E-state index is 0.0806. The first-order valence-electron chi connectivity index (χ1n) is 3.54. The minimum absolute atomic E-state index is 0.0806. The zero-order valence-corrected chi connectivity index (χ0v) is 8.78. The normalized spacial score (nSPS) is 8.75. The highest BCUT2D eigenvalue weighted by atomic mass is 127. The van der Waals surface area contributed by atoms with Crippen molar-refractivity contribution < 1.29 is 4.65 Å². The lowest BCUT2D eigenvalue weighted by atomic mass is 10.1. The van der Waals surface area contributed by atoms with Gasteiger partial charge in [-0.05, 0) is 19.0 Å². The lowest BCUT2D eigenvalue weighted by molar-refractivity contribution is 0.595. The van der Waals surface area contributed by atoms with E-state index >= 15 is 0 Å². The maximum atomic E-state index is 8.70. The molecule has 0 aliphatic carbocycles. The Kier molecular flexibility index (Phi) is 3.41. The molecule has 1 aromatic rings. The summed E-state index contributed by atoms with van der Waals surface area (Å²) in [7, 11) is 0. The second kappa shape index (κ2) is 4.36. The van der Waals surface area contributed by atoms with Crippen LogP contribution < -0.4 is 4.65 Å². The van der Waals surface area contributed by atoms with Gasteiger partial charge in [0.1, 0.15) is 11.8 Å². The van der Waals surface area contributed by atoms with E-state index in [1.165, 1.54) is 0 Å². The highest BCUT2D eigenvalue weighted by molar-refractivity contribution is 14.1. The third-order valence-electron chi connectivity index (χ3n) is 1.30. The van der Waals surface area contributed by atoms with Crippen LogP contribution in [0, 0.1) is 11.3 Å². The van der Waals surface area contributed by atoms with Gasteiger partial charge in [-0.1, -0.05) is 34.5 Å². The second-order valence-electron chi connectivity index (χ2n) is 2.27. The van der Waals surface area contributed by atoms with Gasteiger partial charge in [-0.25, -0.2) is 0 Å². The molecule has 0 aliphatic rings. The average molecular weight is 271 g/mol. The number of para-hydroxylation sites is 1. The van der Waals surface area contributed by atoms with E-state index in [-0.39, 0.29) is 4.77 Å². The molecule has 12 heavy (non-hydrogen) atoms. The summed E-state index contributed by atoms with van der Waals surface area (Å²) in [5, 5.41) is 8.70. The van der Waals surface area contributed by atoms with E-state index in [9.17, 15) is 0 Å². The van der Waals surface area contributed by atoms with Gasteiger partial charge in [0.15, 0.2) is 0 Å². The fourth-order valence-electron chi connectivity index (χ4n) is 0.837. The number of hydrogen-bond donors (Lipinski definition) is 0.